The molecular formula is C6H3BF5O-. The number of halogens is 5. The lowest BCUT2D eigenvalue weighted by Crippen LogP contribution is -2.37. The number of phenolic OH excluding ortho intramolecular Hbond substituents is 1. The third-order valence-electron chi connectivity index (χ3n) is 1.44. The molecule has 1 aromatic carbocycles. The van der Waals surface area contributed by atoms with Crippen LogP contribution < -0.4 is 5.46 Å². The first-order chi connectivity index (χ1) is 5.84. The smallest absolute Gasteiger partial charge is 0.508 e. The summed E-state index contributed by atoms with van der Waals surface area (Å²) in [7, 11) is 0. The molecule has 1 N–H and O–H groups in total. The molecule has 1 nitrogen and oxygen atoms in total. The molecule has 0 saturated carbocycles. The topological polar surface area (TPSA) is 20.2 Å². The van der Waals surface area contributed by atoms with Crippen molar-refractivity contribution in [3.05, 3.63) is 23.8 Å². The molecule has 0 spiro atoms. The Balaban J connectivity index is 3.43. The van der Waals surface area contributed by atoms with Gasteiger partial charge in [0.15, 0.2) is 5.82 Å². The minimum atomic E-state index is -5.74. The normalized spacial score (nSPS) is 11.8. The van der Waals surface area contributed by atoms with Crippen LogP contribution in [0.15, 0.2) is 12.1 Å². The van der Waals surface area contributed by atoms with E-state index in [1.165, 1.54) is 0 Å². The summed E-state index contributed by atoms with van der Waals surface area (Å²) in [5, 5.41) is 8.59. The van der Waals surface area contributed by atoms with Crippen LogP contribution in [0.25, 0.3) is 0 Å². The van der Waals surface area contributed by atoms with Gasteiger partial charge in [-0.25, -0.2) is 8.78 Å². The van der Waals surface area contributed by atoms with Crippen LogP contribution in [0.1, 0.15) is 0 Å². The molecule has 0 atom stereocenters. The summed E-state index contributed by atoms with van der Waals surface area (Å²) in [6.07, 6.45) is 0. The van der Waals surface area contributed by atoms with E-state index in [1.807, 2.05) is 0 Å². The van der Waals surface area contributed by atoms with Crippen LogP contribution in [-0.2, 0) is 0 Å². The van der Waals surface area contributed by atoms with E-state index in [9.17, 15) is 21.7 Å². The highest BCUT2D eigenvalue weighted by molar-refractivity contribution is 6.74. The van der Waals surface area contributed by atoms with E-state index in [1.54, 1.807) is 0 Å². The Morgan fingerprint density at radius 1 is 1.00 bits per heavy atom. The van der Waals surface area contributed by atoms with Crippen molar-refractivity contribution in [2.75, 3.05) is 0 Å². The van der Waals surface area contributed by atoms with Crippen LogP contribution in [0, 0.1) is 11.6 Å². The summed E-state index contributed by atoms with van der Waals surface area (Å²) < 4.78 is 60.8. The van der Waals surface area contributed by atoms with Gasteiger partial charge in [-0.05, 0) is 17.6 Å². The van der Waals surface area contributed by atoms with Crippen LogP contribution in [0.4, 0.5) is 21.7 Å². The Morgan fingerprint density at radius 2 is 1.46 bits per heavy atom. The second kappa shape index (κ2) is 2.90. The van der Waals surface area contributed by atoms with Gasteiger partial charge < -0.3 is 18.1 Å². The summed E-state index contributed by atoms with van der Waals surface area (Å²) in [4.78, 5) is 0. The number of aromatic hydroxyl groups is 1. The molecule has 0 heterocycles. The molecule has 7 heteroatoms. The van der Waals surface area contributed by atoms with Crippen LogP contribution in [0.2, 0.25) is 0 Å². The molecule has 0 unspecified atom stereocenters. The molecule has 0 radical (unpaired) electrons. The molecule has 0 amide bonds. The average molecular weight is 197 g/mol. The Bertz CT molecular complexity index is 335. The van der Waals surface area contributed by atoms with Gasteiger partial charge in [0.2, 0.25) is 0 Å². The summed E-state index contributed by atoms with van der Waals surface area (Å²) in [6.45, 7) is -5.74. The van der Waals surface area contributed by atoms with Gasteiger partial charge in [-0.15, -0.1) is 0 Å². The second-order valence-electron chi connectivity index (χ2n) is 2.37. The predicted octanol–water partition coefficient (Wildman–Crippen LogP) is 1.72. The van der Waals surface area contributed by atoms with Gasteiger partial charge in [-0.3, -0.25) is 0 Å². The molecular weight excluding hydrogens is 194 g/mol. The predicted molar refractivity (Wildman–Crippen MR) is 36.7 cm³/mol. The number of hydrogen-bond donors (Lipinski definition) is 1. The number of benzene rings is 1. The first kappa shape index (κ1) is 9.82. The van der Waals surface area contributed by atoms with Crippen molar-refractivity contribution in [2.45, 2.75) is 0 Å². The Labute approximate surface area is 69.9 Å². The minimum absolute atomic E-state index is 0.319. The third-order valence-corrected chi connectivity index (χ3v) is 1.44. The zero-order chi connectivity index (χ0) is 10.2. The van der Waals surface area contributed by atoms with Crippen LogP contribution >= 0.6 is 0 Å². The molecule has 0 aromatic heterocycles. The lowest BCUT2D eigenvalue weighted by molar-refractivity contribution is 0.422. The maximum Gasteiger partial charge on any atom is 0.516 e. The van der Waals surface area contributed by atoms with Crippen LogP contribution in [-0.4, -0.2) is 12.1 Å². The highest BCUT2D eigenvalue weighted by atomic mass is 19.4. The lowest BCUT2D eigenvalue weighted by atomic mass is 9.79. The van der Waals surface area contributed by atoms with Gasteiger partial charge in [0.25, 0.3) is 0 Å². The van der Waals surface area contributed by atoms with Gasteiger partial charge >= 0.3 is 6.98 Å². The monoisotopic (exact) mass is 197 g/mol. The molecule has 1 aromatic rings. The largest absolute Gasteiger partial charge is 0.516 e. The first-order valence-electron chi connectivity index (χ1n) is 3.21. The quantitative estimate of drug-likeness (QED) is 0.536. The van der Waals surface area contributed by atoms with Crippen molar-refractivity contribution in [3.8, 4) is 5.75 Å². The van der Waals surface area contributed by atoms with Gasteiger partial charge in [-0.1, -0.05) is 0 Å². The van der Waals surface area contributed by atoms with Crippen molar-refractivity contribution < 1.29 is 26.8 Å². The van der Waals surface area contributed by atoms with E-state index in [0.717, 1.165) is 0 Å². The molecule has 72 valence electrons. The second-order valence-corrected chi connectivity index (χ2v) is 2.37. The van der Waals surface area contributed by atoms with Crippen molar-refractivity contribution in [1.82, 2.24) is 0 Å². The van der Waals surface area contributed by atoms with Gasteiger partial charge in [0, 0.05) is 0 Å². The summed E-state index contributed by atoms with van der Waals surface area (Å²) in [6, 6.07) is 0.746. The standard InChI is InChI=1S/C6H3BF5O/c8-3-1-2-4(9)6(13)5(3)7(10,11)12/h1-2,13H/q-1. The van der Waals surface area contributed by atoms with Gasteiger partial charge in [0.05, 0.1) is 5.82 Å². The van der Waals surface area contributed by atoms with Crippen molar-refractivity contribution in [3.63, 3.8) is 0 Å². The highest BCUT2D eigenvalue weighted by Crippen LogP contribution is 2.21. The number of hydrogen-bond acceptors (Lipinski definition) is 1. The van der Waals surface area contributed by atoms with Gasteiger partial charge in [0.1, 0.15) is 5.75 Å². The average Bonchev–Trinajstić information content (AvgIpc) is 1.95. The molecule has 1 rings (SSSR count). The lowest BCUT2D eigenvalue weighted by Gasteiger charge is -2.17. The maximum atomic E-state index is 12.5. The minimum Gasteiger partial charge on any atom is -0.508 e. The van der Waals surface area contributed by atoms with Crippen LogP contribution in [0.3, 0.4) is 0 Å². The fourth-order valence-corrected chi connectivity index (χ4v) is 0.868. The van der Waals surface area contributed by atoms with E-state index in [0.29, 0.717) is 12.1 Å². The van der Waals surface area contributed by atoms with E-state index in [4.69, 9.17) is 5.11 Å². The number of phenols is 1. The molecule has 0 aliphatic carbocycles. The summed E-state index contributed by atoms with van der Waals surface area (Å²) in [5.41, 5.74) is -1.92. The highest BCUT2D eigenvalue weighted by Gasteiger charge is 2.33. The molecule has 0 aliphatic heterocycles. The van der Waals surface area contributed by atoms with Crippen molar-refractivity contribution >= 4 is 12.4 Å². The van der Waals surface area contributed by atoms with E-state index < -0.39 is 29.8 Å². The van der Waals surface area contributed by atoms with Crippen LogP contribution in [0.5, 0.6) is 5.75 Å². The first-order valence-corrected chi connectivity index (χ1v) is 3.21. The van der Waals surface area contributed by atoms with E-state index in [-0.39, 0.29) is 0 Å². The fraction of sp³-hybridized carbons (Fsp3) is 0. The Hall–Kier alpha value is -1.27. The van der Waals surface area contributed by atoms with Crippen molar-refractivity contribution in [1.29, 1.82) is 0 Å². The summed E-state index contributed by atoms with van der Waals surface area (Å²) in [5.74, 6) is -4.85. The summed E-state index contributed by atoms with van der Waals surface area (Å²) >= 11 is 0. The zero-order valence-electron chi connectivity index (χ0n) is 6.07. The SMILES string of the molecule is Oc1c(F)ccc(F)c1[B-](F)(F)F. The third kappa shape index (κ3) is 1.73. The molecule has 0 fully saturated rings. The molecule has 0 bridgehead atoms. The van der Waals surface area contributed by atoms with E-state index in [2.05, 4.69) is 0 Å². The zero-order valence-corrected chi connectivity index (χ0v) is 6.07. The maximum absolute atomic E-state index is 12.5. The Kier molecular flexibility index (Phi) is 2.19. The Morgan fingerprint density at radius 3 is 1.85 bits per heavy atom. The molecule has 0 aliphatic rings. The number of rotatable bonds is 1. The van der Waals surface area contributed by atoms with Crippen molar-refractivity contribution in [2.24, 2.45) is 0 Å². The molecule has 13 heavy (non-hydrogen) atoms. The molecule has 0 saturated heterocycles. The van der Waals surface area contributed by atoms with Gasteiger partial charge in [-0.2, -0.15) is 0 Å². The fourth-order valence-electron chi connectivity index (χ4n) is 0.868. The van der Waals surface area contributed by atoms with E-state index >= 15 is 0 Å².